The first-order valence-electron chi connectivity index (χ1n) is 6.70. The molecule has 0 aliphatic carbocycles. The van der Waals surface area contributed by atoms with Gasteiger partial charge in [0, 0.05) is 12.6 Å². The number of hydrogen-bond acceptors (Lipinski definition) is 3. The number of nitrogens with zero attached hydrogens (tertiary/aromatic N) is 1. The van der Waals surface area contributed by atoms with Gasteiger partial charge in [0.25, 0.3) is 0 Å². The lowest BCUT2D eigenvalue weighted by Gasteiger charge is -2.21. The third-order valence-corrected chi connectivity index (χ3v) is 5.22. The van der Waals surface area contributed by atoms with E-state index >= 15 is 0 Å². The Morgan fingerprint density at radius 2 is 2.00 bits per heavy atom. The maximum absolute atomic E-state index is 11.3. The molecule has 1 saturated heterocycles. The Morgan fingerprint density at radius 3 is 2.53 bits per heavy atom. The van der Waals surface area contributed by atoms with Crippen LogP contribution in [0.2, 0.25) is 0 Å². The van der Waals surface area contributed by atoms with Crippen molar-refractivity contribution < 1.29 is 8.42 Å². The number of aliphatic imine (C=N–C) groups is 1. The molecule has 1 unspecified atom stereocenters. The van der Waals surface area contributed by atoms with Crippen molar-refractivity contribution in [2.75, 3.05) is 18.1 Å². The molecule has 1 aliphatic heterocycles. The van der Waals surface area contributed by atoms with Crippen molar-refractivity contribution in [3.8, 4) is 0 Å². The van der Waals surface area contributed by atoms with Crippen molar-refractivity contribution in [2.45, 2.75) is 45.6 Å². The highest BCUT2D eigenvalue weighted by atomic mass is 127. The van der Waals surface area contributed by atoms with Crippen LogP contribution in [-0.2, 0) is 9.84 Å². The van der Waals surface area contributed by atoms with E-state index in [1.807, 2.05) is 0 Å². The fourth-order valence-corrected chi connectivity index (χ4v) is 3.58. The third-order valence-electron chi connectivity index (χ3n) is 3.50. The number of guanidine groups is 1. The fourth-order valence-electron chi connectivity index (χ4n) is 2.00. The van der Waals surface area contributed by atoms with E-state index < -0.39 is 9.84 Å². The molecular formula is C12H26IN3O2S. The van der Waals surface area contributed by atoms with Crippen molar-refractivity contribution in [1.29, 1.82) is 0 Å². The Hall–Kier alpha value is -0.0500. The zero-order valence-corrected chi connectivity index (χ0v) is 14.9. The number of sulfone groups is 1. The van der Waals surface area contributed by atoms with Crippen molar-refractivity contribution in [1.82, 2.24) is 5.32 Å². The molecule has 1 atom stereocenters. The van der Waals surface area contributed by atoms with Crippen LogP contribution in [0.5, 0.6) is 0 Å². The lowest BCUT2D eigenvalue weighted by molar-refractivity contribution is 0.441. The van der Waals surface area contributed by atoms with Crippen molar-refractivity contribution in [3.05, 3.63) is 0 Å². The number of nitrogens with two attached hydrogens (primary N) is 1. The molecule has 3 N–H and O–H groups in total. The van der Waals surface area contributed by atoms with Crippen molar-refractivity contribution in [2.24, 2.45) is 16.6 Å². The van der Waals surface area contributed by atoms with Crippen LogP contribution in [0.15, 0.2) is 4.99 Å². The molecule has 0 spiro atoms. The minimum atomic E-state index is -2.75. The lowest BCUT2D eigenvalue weighted by atomic mass is 9.99. The molecule has 0 aromatic rings. The highest BCUT2D eigenvalue weighted by Crippen LogP contribution is 2.21. The molecule has 1 aliphatic rings. The largest absolute Gasteiger partial charge is 0.370 e. The minimum Gasteiger partial charge on any atom is -0.370 e. The lowest BCUT2D eigenvalue weighted by Crippen LogP contribution is -2.38. The summed E-state index contributed by atoms with van der Waals surface area (Å²) in [5.41, 5.74) is 5.75. The molecule has 5 nitrogen and oxygen atoms in total. The zero-order valence-electron chi connectivity index (χ0n) is 11.8. The summed E-state index contributed by atoms with van der Waals surface area (Å²) < 4.78 is 22.5. The van der Waals surface area contributed by atoms with Gasteiger partial charge in [-0.25, -0.2) is 8.42 Å². The van der Waals surface area contributed by atoms with Gasteiger partial charge in [-0.1, -0.05) is 6.92 Å². The van der Waals surface area contributed by atoms with Gasteiger partial charge in [0.05, 0.1) is 11.5 Å². The van der Waals surface area contributed by atoms with Gasteiger partial charge in [0.2, 0.25) is 0 Å². The fraction of sp³-hybridized carbons (Fsp3) is 0.917. The smallest absolute Gasteiger partial charge is 0.188 e. The summed E-state index contributed by atoms with van der Waals surface area (Å²) >= 11 is 0. The summed E-state index contributed by atoms with van der Waals surface area (Å²) in [6, 6.07) is 0.341. The minimum absolute atomic E-state index is 0. The van der Waals surface area contributed by atoms with Gasteiger partial charge in [-0.05, 0) is 38.5 Å². The second-order valence-corrected chi connectivity index (χ2v) is 7.41. The second-order valence-electron chi connectivity index (χ2n) is 5.10. The van der Waals surface area contributed by atoms with E-state index in [9.17, 15) is 8.42 Å². The maximum Gasteiger partial charge on any atom is 0.188 e. The number of hydrogen-bond donors (Lipinski definition) is 2. The molecule has 1 rings (SSSR count). The first kappa shape index (κ1) is 18.9. The Morgan fingerprint density at radius 1 is 1.42 bits per heavy atom. The molecule has 1 fully saturated rings. The Balaban J connectivity index is 0.00000324. The van der Waals surface area contributed by atoms with Gasteiger partial charge >= 0.3 is 0 Å². The average Bonchev–Trinajstić information content (AvgIpc) is 2.31. The molecule has 0 aromatic heterocycles. The first-order valence-corrected chi connectivity index (χ1v) is 8.52. The standard InChI is InChI=1S/C12H25N3O2S.HI/c1-3-10(2)15-12(13)14-7-4-11-5-8-18(16,17)9-6-11;/h10-11H,3-9H2,1-2H3,(H3,13,14,15);1H. The van der Waals surface area contributed by atoms with Crippen LogP contribution in [0.4, 0.5) is 0 Å². The third kappa shape index (κ3) is 7.96. The Kier molecular flexibility index (Phi) is 8.97. The number of halogens is 1. The van der Waals surface area contributed by atoms with Crippen LogP contribution in [0.1, 0.15) is 39.5 Å². The molecule has 0 saturated carbocycles. The molecule has 114 valence electrons. The second kappa shape index (κ2) is 8.99. The molecule has 0 aromatic carbocycles. The van der Waals surface area contributed by atoms with Gasteiger partial charge in [-0.2, -0.15) is 0 Å². The van der Waals surface area contributed by atoms with Crippen LogP contribution >= 0.6 is 24.0 Å². The SMILES string of the molecule is CCC(C)NC(N)=NCCC1CCS(=O)(=O)CC1.I. The maximum atomic E-state index is 11.3. The van der Waals surface area contributed by atoms with Crippen LogP contribution in [0, 0.1) is 5.92 Å². The predicted octanol–water partition coefficient (Wildman–Crippen LogP) is 1.52. The van der Waals surface area contributed by atoms with Crippen molar-refractivity contribution >= 4 is 39.8 Å². The van der Waals surface area contributed by atoms with Gasteiger partial charge in [0.1, 0.15) is 9.84 Å². The highest BCUT2D eigenvalue weighted by molar-refractivity contribution is 14.0. The van der Waals surface area contributed by atoms with E-state index in [1.54, 1.807) is 0 Å². The summed E-state index contributed by atoms with van der Waals surface area (Å²) in [5, 5.41) is 3.11. The normalized spacial score (nSPS) is 21.5. The molecule has 0 radical (unpaired) electrons. The molecule has 1 heterocycles. The summed E-state index contributed by atoms with van der Waals surface area (Å²) in [6.45, 7) is 4.84. The number of rotatable bonds is 5. The molecule has 0 bridgehead atoms. The van der Waals surface area contributed by atoms with Crippen LogP contribution < -0.4 is 11.1 Å². The summed E-state index contributed by atoms with van der Waals surface area (Å²) in [7, 11) is -2.75. The van der Waals surface area contributed by atoms with E-state index in [0.29, 0.717) is 36.0 Å². The van der Waals surface area contributed by atoms with E-state index in [-0.39, 0.29) is 24.0 Å². The molecular weight excluding hydrogens is 377 g/mol. The quantitative estimate of drug-likeness (QED) is 0.414. The predicted molar refractivity (Wildman–Crippen MR) is 90.8 cm³/mol. The van der Waals surface area contributed by atoms with Crippen LogP contribution in [0.3, 0.4) is 0 Å². The topological polar surface area (TPSA) is 84.5 Å². The van der Waals surface area contributed by atoms with E-state index in [0.717, 1.165) is 25.7 Å². The Labute approximate surface area is 133 Å². The molecule has 7 heteroatoms. The van der Waals surface area contributed by atoms with Gasteiger partial charge in [-0.3, -0.25) is 4.99 Å². The Bertz CT molecular complexity index is 370. The highest BCUT2D eigenvalue weighted by Gasteiger charge is 2.22. The molecule has 0 amide bonds. The van der Waals surface area contributed by atoms with Crippen LogP contribution in [0.25, 0.3) is 0 Å². The van der Waals surface area contributed by atoms with E-state index in [4.69, 9.17) is 5.73 Å². The summed E-state index contributed by atoms with van der Waals surface area (Å²) in [5.74, 6) is 1.64. The van der Waals surface area contributed by atoms with Gasteiger partial charge in [0.15, 0.2) is 5.96 Å². The monoisotopic (exact) mass is 403 g/mol. The molecule has 19 heavy (non-hydrogen) atoms. The van der Waals surface area contributed by atoms with Crippen LogP contribution in [-0.4, -0.2) is 38.5 Å². The average molecular weight is 403 g/mol. The number of nitrogens with one attached hydrogen (secondary N) is 1. The van der Waals surface area contributed by atoms with Gasteiger partial charge < -0.3 is 11.1 Å². The zero-order chi connectivity index (χ0) is 13.6. The van der Waals surface area contributed by atoms with E-state index in [2.05, 4.69) is 24.2 Å². The summed E-state index contributed by atoms with van der Waals surface area (Å²) in [6.07, 6.45) is 3.49. The van der Waals surface area contributed by atoms with E-state index in [1.165, 1.54) is 0 Å². The summed E-state index contributed by atoms with van der Waals surface area (Å²) in [4.78, 5) is 4.28. The first-order chi connectivity index (χ1) is 8.43. The van der Waals surface area contributed by atoms with Gasteiger partial charge in [-0.15, -0.1) is 24.0 Å². The van der Waals surface area contributed by atoms with Crippen molar-refractivity contribution in [3.63, 3.8) is 0 Å².